The van der Waals surface area contributed by atoms with Crippen LogP contribution in [-0.4, -0.2) is 23.0 Å². The molecule has 0 fully saturated rings. The number of carbonyl (C=O) groups excluding carboxylic acids is 3. The summed E-state index contributed by atoms with van der Waals surface area (Å²) in [6.45, 7) is 21.9. The van der Waals surface area contributed by atoms with Gasteiger partial charge in [-0.15, -0.1) is 0 Å². The van der Waals surface area contributed by atoms with Crippen LogP contribution in [0.15, 0.2) is 12.1 Å². The maximum atomic E-state index is 13.5. The molecule has 0 radical (unpaired) electrons. The van der Waals surface area contributed by atoms with Gasteiger partial charge in [0, 0.05) is 27.4 Å². The lowest BCUT2D eigenvalue weighted by Crippen LogP contribution is -2.33. The fourth-order valence-electron chi connectivity index (χ4n) is 2.80. The highest BCUT2D eigenvalue weighted by molar-refractivity contribution is 6.19. The lowest BCUT2D eigenvalue weighted by Gasteiger charge is -2.30. The second-order valence-corrected chi connectivity index (χ2v) is 11.8. The van der Waals surface area contributed by atoms with Crippen molar-refractivity contribution < 1.29 is 19.1 Å². The topological polar surface area (TPSA) is 60.4 Å². The van der Waals surface area contributed by atoms with E-state index in [0.29, 0.717) is 5.75 Å². The first-order chi connectivity index (χ1) is 12.7. The second-order valence-electron chi connectivity index (χ2n) is 11.8. The van der Waals surface area contributed by atoms with Gasteiger partial charge in [-0.3, -0.25) is 14.4 Å². The lowest BCUT2D eigenvalue weighted by molar-refractivity contribution is 0.0795. The Morgan fingerprint density at radius 1 is 0.586 bits per heavy atom. The summed E-state index contributed by atoms with van der Waals surface area (Å²) in [6.07, 6.45) is 0. The number of benzene rings is 1. The van der Waals surface area contributed by atoms with Gasteiger partial charge in [0.15, 0.2) is 17.3 Å². The van der Waals surface area contributed by atoms with Crippen molar-refractivity contribution >= 4 is 17.3 Å². The summed E-state index contributed by atoms with van der Waals surface area (Å²) in [5, 5.41) is 0. The summed E-state index contributed by atoms with van der Waals surface area (Å²) in [7, 11) is 0. The van der Waals surface area contributed by atoms with Gasteiger partial charge in [-0.1, -0.05) is 62.3 Å². The predicted octanol–water partition coefficient (Wildman–Crippen LogP) is 6.55. The highest BCUT2D eigenvalue weighted by atomic mass is 16.5. The van der Waals surface area contributed by atoms with Crippen molar-refractivity contribution in [1.29, 1.82) is 0 Å². The molecule has 0 amide bonds. The quantitative estimate of drug-likeness (QED) is 0.536. The Kier molecular flexibility index (Phi) is 6.65. The van der Waals surface area contributed by atoms with E-state index in [1.807, 2.05) is 41.5 Å². The van der Waals surface area contributed by atoms with Crippen molar-refractivity contribution in [2.75, 3.05) is 0 Å². The normalized spacial score (nSPS) is 13.2. The standard InChI is InChI=1S/C25H38O4/c1-22(2,3)19(26)15-13-14-16(29-25(10,11)12)18(21(28)24(7,8)9)17(15)20(27)23(4,5)6/h13-14H,1-12H3. The number of Topliss-reactive ketones (excluding diaryl/α,β-unsaturated/α-hetero) is 3. The second kappa shape index (κ2) is 7.70. The molecule has 0 atom stereocenters. The van der Waals surface area contributed by atoms with Crippen LogP contribution in [0.5, 0.6) is 5.75 Å². The van der Waals surface area contributed by atoms with E-state index in [9.17, 15) is 14.4 Å². The first-order valence-corrected chi connectivity index (χ1v) is 10.2. The third-order valence-corrected chi connectivity index (χ3v) is 4.33. The van der Waals surface area contributed by atoms with Crippen LogP contribution in [0.1, 0.15) is 114 Å². The molecule has 0 spiro atoms. The average molecular weight is 403 g/mol. The average Bonchev–Trinajstić information content (AvgIpc) is 2.48. The van der Waals surface area contributed by atoms with Crippen LogP contribution in [0, 0.1) is 16.2 Å². The van der Waals surface area contributed by atoms with Gasteiger partial charge in [0.25, 0.3) is 0 Å². The first-order valence-electron chi connectivity index (χ1n) is 10.2. The molecule has 0 aliphatic heterocycles. The first kappa shape index (κ1) is 25.1. The van der Waals surface area contributed by atoms with Crippen molar-refractivity contribution in [3.8, 4) is 5.75 Å². The highest BCUT2D eigenvalue weighted by Crippen LogP contribution is 2.38. The molecule has 1 aromatic carbocycles. The van der Waals surface area contributed by atoms with E-state index < -0.39 is 21.8 Å². The van der Waals surface area contributed by atoms with Gasteiger partial charge in [0.05, 0.1) is 5.56 Å². The summed E-state index contributed by atoms with van der Waals surface area (Å²) >= 11 is 0. The molecule has 0 aliphatic rings. The van der Waals surface area contributed by atoms with Gasteiger partial charge in [-0.05, 0) is 32.9 Å². The van der Waals surface area contributed by atoms with Crippen molar-refractivity contribution in [2.45, 2.75) is 88.7 Å². The van der Waals surface area contributed by atoms with Crippen LogP contribution in [-0.2, 0) is 0 Å². The van der Waals surface area contributed by atoms with E-state index in [1.54, 1.807) is 53.7 Å². The predicted molar refractivity (Wildman–Crippen MR) is 118 cm³/mol. The number of ketones is 3. The maximum Gasteiger partial charge on any atom is 0.172 e. The SMILES string of the molecule is CC(C)(C)Oc1ccc(C(=O)C(C)(C)C)c(C(=O)C(C)(C)C)c1C(=O)C(C)(C)C. The Morgan fingerprint density at radius 2 is 0.966 bits per heavy atom. The van der Waals surface area contributed by atoms with Crippen molar-refractivity contribution in [3.63, 3.8) is 0 Å². The molecule has 0 aromatic heterocycles. The third-order valence-electron chi connectivity index (χ3n) is 4.33. The third kappa shape index (κ3) is 6.01. The van der Waals surface area contributed by atoms with Crippen LogP contribution in [0.3, 0.4) is 0 Å². The Hall–Kier alpha value is -1.97. The van der Waals surface area contributed by atoms with Crippen molar-refractivity contribution in [2.24, 2.45) is 16.2 Å². The Balaban J connectivity index is 4.10. The molecular weight excluding hydrogens is 364 g/mol. The number of ether oxygens (including phenoxy) is 1. The minimum absolute atomic E-state index is 0.171. The summed E-state index contributed by atoms with van der Waals surface area (Å²) < 4.78 is 6.09. The van der Waals surface area contributed by atoms with E-state index in [1.165, 1.54) is 0 Å². The number of hydrogen-bond donors (Lipinski definition) is 0. The zero-order valence-electron chi connectivity index (χ0n) is 20.3. The summed E-state index contributed by atoms with van der Waals surface area (Å²) in [5.41, 5.74) is -2.09. The molecule has 4 heteroatoms. The van der Waals surface area contributed by atoms with Crippen LogP contribution in [0.2, 0.25) is 0 Å². The number of carbonyl (C=O) groups is 3. The summed E-state index contributed by atoms with van der Waals surface area (Å²) in [6, 6.07) is 3.29. The minimum Gasteiger partial charge on any atom is -0.487 e. The highest BCUT2D eigenvalue weighted by Gasteiger charge is 2.39. The van der Waals surface area contributed by atoms with Gasteiger partial charge in [-0.25, -0.2) is 0 Å². The molecule has 4 nitrogen and oxygen atoms in total. The van der Waals surface area contributed by atoms with Crippen LogP contribution in [0.25, 0.3) is 0 Å². The maximum absolute atomic E-state index is 13.5. The van der Waals surface area contributed by atoms with Crippen LogP contribution >= 0.6 is 0 Å². The zero-order chi connectivity index (χ0) is 23.2. The zero-order valence-corrected chi connectivity index (χ0v) is 20.3. The smallest absolute Gasteiger partial charge is 0.172 e. The van der Waals surface area contributed by atoms with E-state index in [4.69, 9.17) is 4.74 Å². The van der Waals surface area contributed by atoms with Crippen LogP contribution in [0.4, 0.5) is 0 Å². The molecule has 0 saturated carbocycles. The van der Waals surface area contributed by atoms with E-state index in [2.05, 4.69) is 0 Å². The monoisotopic (exact) mass is 402 g/mol. The van der Waals surface area contributed by atoms with Crippen molar-refractivity contribution in [3.05, 3.63) is 28.8 Å². The molecule has 1 rings (SSSR count). The molecule has 0 bridgehead atoms. The number of hydrogen-bond acceptors (Lipinski definition) is 4. The van der Waals surface area contributed by atoms with Gasteiger partial charge in [0.1, 0.15) is 11.4 Å². The van der Waals surface area contributed by atoms with E-state index in [-0.39, 0.29) is 34.0 Å². The molecule has 0 heterocycles. The van der Waals surface area contributed by atoms with E-state index in [0.717, 1.165) is 0 Å². The van der Waals surface area contributed by atoms with Crippen LogP contribution < -0.4 is 4.74 Å². The van der Waals surface area contributed by atoms with Gasteiger partial charge in [0.2, 0.25) is 0 Å². The Bertz CT molecular complexity index is 817. The van der Waals surface area contributed by atoms with Gasteiger partial charge in [-0.2, -0.15) is 0 Å². The summed E-state index contributed by atoms with van der Waals surface area (Å²) in [4.78, 5) is 40.3. The fourth-order valence-corrected chi connectivity index (χ4v) is 2.80. The van der Waals surface area contributed by atoms with Crippen molar-refractivity contribution in [1.82, 2.24) is 0 Å². The van der Waals surface area contributed by atoms with Gasteiger partial charge >= 0.3 is 0 Å². The largest absolute Gasteiger partial charge is 0.487 e. The lowest BCUT2D eigenvalue weighted by atomic mass is 9.74. The Labute approximate surface area is 176 Å². The molecule has 29 heavy (non-hydrogen) atoms. The molecule has 0 N–H and O–H groups in total. The molecule has 0 saturated heterocycles. The summed E-state index contributed by atoms with van der Waals surface area (Å²) in [5.74, 6) is -0.282. The molecule has 1 aromatic rings. The molecule has 0 unspecified atom stereocenters. The fraction of sp³-hybridized carbons (Fsp3) is 0.640. The molecule has 162 valence electrons. The van der Waals surface area contributed by atoms with E-state index >= 15 is 0 Å². The number of rotatable bonds is 4. The van der Waals surface area contributed by atoms with Gasteiger partial charge < -0.3 is 4.74 Å². The Morgan fingerprint density at radius 3 is 1.31 bits per heavy atom. The molecule has 0 aliphatic carbocycles. The molecular formula is C25H38O4. The minimum atomic E-state index is -0.764.